The summed E-state index contributed by atoms with van der Waals surface area (Å²) in [4.78, 5) is 4.56. The lowest BCUT2D eigenvalue weighted by molar-refractivity contribution is -0.00518. The number of aryl methyl sites for hydroxylation is 1. The molecule has 2 nitrogen and oxygen atoms in total. The molecular weight excluding hydrogens is 294 g/mol. The topological polar surface area (TPSA) is 25.5 Å². The molecule has 124 valence electrons. The number of aliphatic imine (C=N–C) groups is 1. The minimum atomic E-state index is 0.481. The summed E-state index contributed by atoms with van der Waals surface area (Å²) >= 11 is 0. The van der Waals surface area contributed by atoms with Crippen molar-refractivity contribution in [2.75, 3.05) is 0 Å². The fourth-order valence-electron chi connectivity index (χ4n) is 6.03. The van der Waals surface area contributed by atoms with E-state index in [0.717, 1.165) is 35.0 Å². The number of hydrogen-bond acceptors (Lipinski definition) is 2. The third-order valence-corrected chi connectivity index (χ3v) is 6.62. The van der Waals surface area contributed by atoms with Crippen LogP contribution in [-0.2, 0) is 5.41 Å². The first-order valence-corrected chi connectivity index (χ1v) is 9.40. The highest BCUT2D eigenvalue weighted by atomic mass is 16.3. The van der Waals surface area contributed by atoms with Crippen molar-refractivity contribution in [3.63, 3.8) is 0 Å². The zero-order valence-electron chi connectivity index (χ0n) is 14.4. The highest BCUT2D eigenvalue weighted by molar-refractivity contribution is 5.78. The summed E-state index contributed by atoms with van der Waals surface area (Å²) < 4.78 is 5.54. The maximum Gasteiger partial charge on any atom is 0.145 e. The van der Waals surface area contributed by atoms with E-state index in [1.807, 2.05) is 25.3 Å². The number of rotatable bonds is 3. The standard InChI is InChI=1S/C22H25NO/c1-15-2-7-21(24-15)14-23-20-5-3-19(4-6-20)22-11-16-8-17(12-22)10-18(9-16)13-22/h2-7,14,16-18H,8-13H2,1H3. The van der Waals surface area contributed by atoms with Gasteiger partial charge in [-0.3, -0.25) is 4.99 Å². The van der Waals surface area contributed by atoms with Gasteiger partial charge in [0.15, 0.2) is 0 Å². The fourth-order valence-corrected chi connectivity index (χ4v) is 6.03. The van der Waals surface area contributed by atoms with E-state index < -0.39 is 0 Å². The Bertz CT molecular complexity index is 732. The Morgan fingerprint density at radius 3 is 2.08 bits per heavy atom. The smallest absolute Gasteiger partial charge is 0.145 e. The van der Waals surface area contributed by atoms with Crippen molar-refractivity contribution >= 4 is 11.9 Å². The van der Waals surface area contributed by atoms with E-state index in [4.69, 9.17) is 4.42 Å². The second kappa shape index (κ2) is 5.34. The molecule has 4 saturated carbocycles. The van der Waals surface area contributed by atoms with E-state index in [-0.39, 0.29) is 0 Å². The van der Waals surface area contributed by atoms with E-state index in [1.54, 1.807) is 5.56 Å². The molecule has 0 aliphatic heterocycles. The molecule has 1 heterocycles. The lowest BCUT2D eigenvalue weighted by Gasteiger charge is -2.57. The molecule has 6 rings (SSSR count). The molecule has 4 fully saturated rings. The molecular formula is C22H25NO. The van der Waals surface area contributed by atoms with Crippen LogP contribution in [0.1, 0.15) is 55.6 Å². The summed E-state index contributed by atoms with van der Waals surface area (Å²) in [5.74, 6) is 4.73. The van der Waals surface area contributed by atoms with Crippen LogP contribution in [0.25, 0.3) is 0 Å². The maximum absolute atomic E-state index is 5.54. The molecule has 4 bridgehead atoms. The van der Waals surface area contributed by atoms with Crippen molar-refractivity contribution in [3.05, 3.63) is 53.5 Å². The molecule has 4 aliphatic carbocycles. The summed E-state index contributed by atoms with van der Waals surface area (Å²) in [5.41, 5.74) is 3.06. The Hall–Kier alpha value is -1.83. The molecule has 1 aromatic carbocycles. The number of benzene rings is 1. The second-order valence-electron chi connectivity index (χ2n) is 8.45. The van der Waals surface area contributed by atoms with E-state index in [1.165, 1.54) is 38.5 Å². The Morgan fingerprint density at radius 1 is 0.917 bits per heavy atom. The number of furan rings is 1. The van der Waals surface area contributed by atoms with Gasteiger partial charge in [-0.2, -0.15) is 0 Å². The van der Waals surface area contributed by atoms with Crippen LogP contribution in [0.15, 0.2) is 45.8 Å². The van der Waals surface area contributed by atoms with Crippen molar-refractivity contribution < 1.29 is 4.42 Å². The fraction of sp³-hybridized carbons (Fsp3) is 0.500. The molecule has 0 atom stereocenters. The molecule has 4 aliphatic rings. The Kier molecular flexibility index (Phi) is 3.23. The quantitative estimate of drug-likeness (QED) is 0.656. The average molecular weight is 319 g/mol. The zero-order valence-corrected chi connectivity index (χ0v) is 14.4. The average Bonchev–Trinajstić information content (AvgIpc) is 2.98. The monoisotopic (exact) mass is 319 g/mol. The van der Waals surface area contributed by atoms with Crippen LogP contribution in [0.3, 0.4) is 0 Å². The van der Waals surface area contributed by atoms with Crippen molar-refractivity contribution in [3.8, 4) is 0 Å². The van der Waals surface area contributed by atoms with Gasteiger partial charge >= 0.3 is 0 Å². The van der Waals surface area contributed by atoms with Gasteiger partial charge in [0.1, 0.15) is 11.5 Å². The Balaban J connectivity index is 1.38. The zero-order chi connectivity index (χ0) is 16.1. The van der Waals surface area contributed by atoms with Crippen molar-refractivity contribution in [1.82, 2.24) is 0 Å². The van der Waals surface area contributed by atoms with Crippen LogP contribution in [0.2, 0.25) is 0 Å². The first kappa shape index (κ1) is 14.5. The van der Waals surface area contributed by atoms with Gasteiger partial charge in [0.05, 0.1) is 11.9 Å². The largest absolute Gasteiger partial charge is 0.460 e. The predicted molar refractivity (Wildman–Crippen MR) is 97.0 cm³/mol. The minimum absolute atomic E-state index is 0.481. The van der Waals surface area contributed by atoms with Gasteiger partial charge in [-0.25, -0.2) is 0 Å². The van der Waals surface area contributed by atoms with Crippen molar-refractivity contribution in [2.24, 2.45) is 22.7 Å². The minimum Gasteiger partial charge on any atom is -0.460 e. The molecule has 2 heteroatoms. The molecule has 0 radical (unpaired) electrons. The highest BCUT2D eigenvalue weighted by Crippen LogP contribution is 2.60. The maximum atomic E-state index is 5.54. The molecule has 0 saturated heterocycles. The molecule has 0 unspecified atom stereocenters. The van der Waals surface area contributed by atoms with Crippen molar-refractivity contribution in [2.45, 2.75) is 50.9 Å². The van der Waals surface area contributed by atoms with Gasteiger partial charge in [-0.05, 0) is 98.4 Å². The highest BCUT2D eigenvalue weighted by Gasteiger charge is 2.51. The third-order valence-electron chi connectivity index (χ3n) is 6.62. The van der Waals surface area contributed by atoms with Crippen LogP contribution in [0.5, 0.6) is 0 Å². The summed E-state index contributed by atoms with van der Waals surface area (Å²) in [5, 5.41) is 0. The summed E-state index contributed by atoms with van der Waals surface area (Å²) in [6, 6.07) is 13.0. The van der Waals surface area contributed by atoms with E-state index in [0.29, 0.717) is 5.41 Å². The Labute approximate surface area is 144 Å². The molecule has 0 spiro atoms. The van der Waals surface area contributed by atoms with Crippen LogP contribution < -0.4 is 0 Å². The lowest BCUT2D eigenvalue weighted by atomic mass is 9.48. The van der Waals surface area contributed by atoms with Crippen LogP contribution in [0, 0.1) is 24.7 Å². The molecule has 2 aromatic rings. The molecule has 1 aromatic heterocycles. The van der Waals surface area contributed by atoms with Crippen LogP contribution in [-0.4, -0.2) is 6.21 Å². The summed E-state index contributed by atoms with van der Waals surface area (Å²) in [6.45, 7) is 1.96. The molecule has 24 heavy (non-hydrogen) atoms. The summed E-state index contributed by atoms with van der Waals surface area (Å²) in [6.07, 6.45) is 10.6. The van der Waals surface area contributed by atoms with Gasteiger partial charge in [-0.1, -0.05) is 12.1 Å². The normalized spacial score (nSPS) is 34.3. The van der Waals surface area contributed by atoms with Gasteiger partial charge in [0, 0.05) is 0 Å². The van der Waals surface area contributed by atoms with Crippen LogP contribution in [0.4, 0.5) is 5.69 Å². The van der Waals surface area contributed by atoms with Gasteiger partial charge in [0.2, 0.25) is 0 Å². The number of nitrogens with zero attached hydrogens (tertiary/aromatic N) is 1. The SMILES string of the molecule is Cc1ccc(C=Nc2ccc(C34CC5CC(CC(C5)C3)C4)cc2)o1. The Morgan fingerprint density at radius 2 is 1.54 bits per heavy atom. The summed E-state index contributed by atoms with van der Waals surface area (Å²) in [7, 11) is 0. The van der Waals surface area contributed by atoms with Gasteiger partial charge in [-0.15, -0.1) is 0 Å². The van der Waals surface area contributed by atoms with E-state index >= 15 is 0 Å². The van der Waals surface area contributed by atoms with E-state index in [9.17, 15) is 0 Å². The molecule has 0 amide bonds. The number of hydrogen-bond donors (Lipinski definition) is 0. The lowest BCUT2D eigenvalue weighted by Crippen LogP contribution is -2.48. The van der Waals surface area contributed by atoms with Crippen LogP contribution >= 0.6 is 0 Å². The second-order valence-corrected chi connectivity index (χ2v) is 8.45. The van der Waals surface area contributed by atoms with Gasteiger partial charge in [0.25, 0.3) is 0 Å². The first-order chi connectivity index (χ1) is 11.7. The third kappa shape index (κ3) is 2.44. The van der Waals surface area contributed by atoms with E-state index in [2.05, 4.69) is 29.3 Å². The molecule has 0 N–H and O–H groups in total. The van der Waals surface area contributed by atoms with Gasteiger partial charge < -0.3 is 4.42 Å². The van der Waals surface area contributed by atoms with Crippen molar-refractivity contribution in [1.29, 1.82) is 0 Å². The first-order valence-electron chi connectivity index (χ1n) is 9.40. The predicted octanol–water partition coefficient (Wildman–Crippen LogP) is 5.81.